The van der Waals surface area contributed by atoms with Gasteiger partial charge in [-0.1, -0.05) is 32.4 Å². The molecule has 1 aromatic rings. The van der Waals surface area contributed by atoms with E-state index in [2.05, 4.69) is 5.10 Å². The van der Waals surface area contributed by atoms with Crippen LogP contribution in [0.15, 0.2) is 0 Å². The second-order valence-electron chi connectivity index (χ2n) is 4.90. The van der Waals surface area contributed by atoms with Gasteiger partial charge in [-0.05, 0) is 12.8 Å². The van der Waals surface area contributed by atoms with Crippen LogP contribution in [0, 0.1) is 5.41 Å². The Morgan fingerprint density at radius 2 is 2.11 bits per heavy atom. The van der Waals surface area contributed by atoms with Crippen LogP contribution in [0.25, 0.3) is 0 Å². The van der Waals surface area contributed by atoms with Gasteiger partial charge in [-0.15, -0.1) is 0 Å². The van der Waals surface area contributed by atoms with Crippen LogP contribution in [-0.4, -0.2) is 22.1 Å². The SMILES string of the molecule is CCc1nn(C)c(CC(=O)C(C)(CC)CN)c1Cl. The first-order valence-corrected chi connectivity index (χ1v) is 6.71. The first-order chi connectivity index (χ1) is 8.39. The summed E-state index contributed by atoms with van der Waals surface area (Å²) in [6.45, 7) is 6.24. The predicted molar refractivity (Wildman–Crippen MR) is 73.8 cm³/mol. The molecule has 0 saturated heterocycles. The van der Waals surface area contributed by atoms with E-state index in [1.165, 1.54) is 0 Å². The average Bonchev–Trinajstić information content (AvgIpc) is 2.64. The monoisotopic (exact) mass is 271 g/mol. The van der Waals surface area contributed by atoms with Crippen LogP contribution in [0.4, 0.5) is 0 Å². The van der Waals surface area contributed by atoms with Crippen molar-refractivity contribution in [3.8, 4) is 0 Å². The van der Waals surface area contributed by atoms with Gasteiger partial charge < -0.3 is 5.73 Å². The van der Waals surface area contributed by atoms with Gasteiger partial charge >= 0.3 is 0 Å². The molecule has 102 valence electrons. The minimum atomic E-state index is -0.472. The van der Waals surface area contributed by atoms with Crippen LogP contribution in [-0.2, 0) is 24.7 Å². The molecule has 4 nitrogen and oxygen atoms in total. The molecule has 0 fully saturated rings. The maximum absolute atomic E-state index is 12.3. The van der Waals surface area contributed by atoms with Crippen LogP contribution in [0.3, 0.4) is 0 Å². The maximum Gasteiger partial charge on any atom is 0.145 e. The van der Waals surface area contributed by atoms with E-state index in [9.17, 15) is 4.79 Å². The molecule has 0 radical (unpaired) electrons. The van der Waals surface area contributed by atoms with Gasteiger partial charge in [0.2, 0.25) is 0 Å². The third kappa shape index (κ3) is 2.75. The Hall–Kier alpha value is -0.870. The molecule has 0 spiro atoms. The highest BCUT2D eigenvalue weighted by Gasteiger charge is 2.31. The van der Waals surface area contributed by atoms with Gasteiger partial charge in [-0.2, -0.15) is 5.10 Å². The van der Waals surface area contributed by atoms with Crippen LogP contribution >= 0.6 is 11.6 Å². The van der Waals surface area contributed by atoms with Gasteiger partial charge in [0.1, 0.15) is 5.78 Å². The fourth-order valence-corrected chi connectivity index (χ4v) is 2.19. The number of carbonyl (C=O) groups excluding carboxylic acids is 1. The summed E-state index contributed by atoms with van der Waals surface area (Å²) in [7, 11) is 1.82. The number of aryl methyl sites for hydroxylation is 2. The second-order valence-corrected chi connectivity index (χ2v) is 5.28. The van der Waals surface area contributed by atoms with E-state index in [1.807, 2.05) is 27.8 Å². The summed E-state index contributed by atoms with van der Waals surface area (Å²) in [6.07, 6.45) is 1.80. The number of rotatable bonds is 6. The molecular formula is C13H22ClN3O. The van der Waals surface area contributed by atoms with E-state index in [-0.39, 0.29) is 5.78 Å². The molecule has 0 bridgehead atoms. The van der Waals surface area contributed by atoms with Gasteiger partial charge in [-0.3, -0.25) is 9.48 Å². The fraction of sp³-hybridized carbons (Fsp3) is 0.692. The molecule has 0 aliphatic carbocycles. The molecule has 0 aromatic carbocycles. The van der Waals surface area contributed by atoms with Crippen molar-refractivity contribution in [1.29, 1.82) is 0 Å². The van der Waals surface area contributed by atoms with Gasteiger partial charge in [0.05, 0.1) is 22.8 Å². The Bertz CT molecular complexity index is 436. The van der Waals surface area contributed by atoms with E-state index < -0.39 is 5.41 Å². The lowest BCUT2D eigenvalue weighted by molar-refractivity contribution is -0.127. The third-order valence-electron chi connectivity index (χ3n) is 3.73. The first-order valence-electron chi connectivity index (χ1n) is 6.33. The highest BCUT2D eigenvalue weighted by atomic mass is 35.5. The number of hydrogen-bond acceptors (Lipinski definition) is 3. The molecule has 2 N–H and O–H groups in total. The van der Waals surface area contributed by atoms with Gasteiger partial charge in [0, 0.05) is 19.0 Å². The van der Waals surface area contributed by atoms with Crippen molar-refractivity contribution in [3.05, 3.63) is 16.4 Å². The molecule has 18 heavy (non-hydrogen) atoms. The number of nitrogens with zero attached hydrogens (tertiary/aromatic N) is 2. The predicted octanol–water partition coefficient (Wildman–Crippen LogP) is 2.12. The quantitative estimate of drug-likeness (QED) is 0.862. The minimum Gasteiger partial charge on any atom is -0.329 e. The topological polar surface area (TPSA) is 60.9 Å². The molecule has 1 aromatic heterocycles. The van der Waals surface area contributed by atoms with E-state index in [0.717, 1.165) is 24.2 Å². The lowest BCUT2D eigenvalue weighted by Gasteiger charge is -2.24. The van der Waals surface area contributed by atoms with E-state index in [4.69, 9.17) is 17.3 Å². The number of aromatic nitrogens is 2. The highest BCUT2D eigenvalue weighted by Crippen LogP contribution is 2.27. The van der Waals surface area contributed by atoms with Gasteiger partial charge in [-0.25, -0.2) is 0 Å². The summed E-state index contributed by atoms with van der Waals surface area (Å²) < 4.78 is 1.70. The number of carbonyl (C=O) groups is 1. The number of Topliss-reactive ketones (excluding diaryl/α,β-unsaturated/α-hetero) is 1. The van der Waals surface area contributed by atoms with Crippen molar-refractivity contribution in [3.63, 3.8) is 0 Å². The van der Waals surface area contributed by atoms with Crippen LogP contribution < -0.4 is 5.73 Å². The Balaban J connectivity index is 2.98. The maximum atomic E-state index is 12.3. The lowest BCUT2D eigenvalue weighted by atomic mass is 9.81. The van der Waals surface area contributed by atoms with E-state index in [0.29, 0.717) is 18.0 Å². The number of nitrogens with two attached hydrogens (primary N) is 1. The summed E-state index contributed by atoms with van der Waals surface area (Å²) in [5.41, 5.74) is 6.86. The zero-order valence-corrected chi connectivity index (χ0v) is 12.3. The summed E-state index contributed by atoms with van der Waals surface area (Å²) in [6, 6.07) is 0. The van der Waals surface area contributed by atoms with Crippen LogP contribution in [0.1, 0.15) is 38.6 Å². The van der Waals surface area contributed by atoms with Crippen LogP contribution in [0.5, 0.6) is 0 Å². The minimum absolute atomic E-state index is 0.125. The standard InChI is InChI=1S/C13H22ClN3O/c1-5-9-12(14)10(17(4)16-9)7-11(18)13(3,6-2)8-15/h5-8,15H2,1-4H3. The van der Waals surface area contributed by atoms with Crippen LogP contribution in [0.2, 0.25) is 5.02 Å². The van der Waals surface area contributed by atoms with Crippen molar-refractivity contribution in [2.45, 2.75) is 40.0 Å². The number of hydrogen-bond donors (Lipinski definition) is 1. The second kappa shape index (κ2) is 5.85. The highest BCUT2D eigenvalue weighted by molar-refractivity contribution is 6.32. The van der Waals surface area contributed by atoms with E-state index in [1.54, 1.807) is 4.68 Å². The summed E-state index contributed by atoms with van der Waals surface area (Å²) in [4.78, 5) is 12.3. The fourth-order valence-electron chi connectivity index (χ4n) is 1.83. The average molecular weight is 272 g/mol. The largest absolute Gasteiger partial charge is 0.329 e. The van der Waals surface area contributed by atoms with Crippen molar-refractivity contribution in [2.75, 3.05) is 6.54 Å². The lowest BCUT2D eigenvalue weighted by Crippen LogP contribution is -2.36. The van der Waals surface area contributed by atoms with Crippen molar-refractivity contribution >= 4 is 17.4 Å². The Labute approximate surface area is 113 Å². The normalized spacial score (nSPS) is 14.6. The molecule has 1 rings (SSSR count). The molecule has 1 atom stereocenters. The summed E-state index contributed by atoms with van der Waals surface area (Å²) >= 11 is 6.24. The Kier molecular flexibility index (Phi) is 4.93. The smallest absolute Gasteiger partial charge is 0.145 e. The van der Waals surface area contributed by atoms with Gasteiger partial charge in [0.25, 0.3) is 0 Å². The van der Waals surface area contributed by atoms with Crippen molar-refractivity contribution < 1.29 is 4.79 Å². The summed E-state index contributed by atoms with van der Waals surface area (Å²) in [5.74, 6) is 0.125. The molecule has 0 amide bonds. The molecular weight excluding hydrogens is 250 g/mol. The third-order valence-corrected chi connectivity index (χ3v) is 4.17. The molecule has 5 heteroatoms. The zero-order valence-electron chi connectivity index (χ0n) is 11.6. The van der Waals surface area contributed by atoms with Gasteiger partial charge in [0.15, 0.2) is 0 Å². The molecule has 1 heterocycles. The number of halogens is 1. The van der Waals surface area contributed by atoms with Crippen molar-refractivity contribution in [2.24, 2.45) is 18.2 Å². The Morgan fingerprint density at radius 1 is 1.50 bits per heavy atom. The molecule has 1 unspecified atom stereocenters. The van der Waals surface area contributed by atoms with Crippen molar-refractivity contribution in [1.82, 2.24) is 9.78 Å². The summed E-state index contributed by atoms with van der Waals surface area (Å²) in [5, 5.41) is 4.93. The number of ketones is 1. The molecule has 0 saturated carbocycles. The zero-order chi connectivity index (χ0) is 13.9. The Morgan fingerprint density at radius 3 is 2.50 bits per heavy atom. The molecule has 0 aliphatic rings. The molecule has 0 aliphatic heterocycles. The first kappa shape index (κ1) is 15.2. The van der Waals surface area contributed by atoms with E-state index >= 15 is 0 Å².